The lowest BCUT2D eigenvalue weighted by molar-refractivity contribution is 0.614. The van der Waals surface area contributed by atoms with E-state index < -0.39 is 0 Å². The van der Waals surface area contributed by atoms with Crippen LogP contribution in [-0.4, -0.2) is 34.2 Å². The largest absolute Gasteiger partial charge is 0.370 e. The summed E-state index contributed by atoms with van der Waals surface area (Å²) in [6.07, 6.45) is 2.93. The van der Waals surface area contributed by atoms with Crippen LogP contribution in [0.1, 0.15) is 17.5 Å². The van der Waals surface area contributed by atoms with E-state index in [9.17, 15) is 4.79 Å². The van der Waals surface area contributed by atoms with Crippen LogP contribution in [0.25, 0.3) is 11.0 Å². The molecule has 25 heavy (non-hydrogen) atoms. The molecule has 1 aliphatic heterocycles. The molecule has 3 aromatic rings. The number of hydrogen-bond acceptors (Lipinski definition) is 4. The first-order chi connectivity index (χ1) is 12.2. The molecule has 6 nitrogen and oxygen atoms in total. The SMILES string of the molecule is Cc1ccccc1Cn1c(=O)[nH]c2cnc(NC[C@@H]3CCNC3)cc21. The molecular formula is C19H23N5O. The van der Waals surface area contributed by atoms with Crippen molar-refractivity contribution in [2.24, 2.45) is 5.92 Å². The molecule has 1 fully saturated rings. The van der Waals surface area contributed by atoms with Gasteiger partial charge in [0.05, 0.1) is 23.8 Å². The fourth-order valence-electron chi connectivity index (χ4n) is 3.41. The van der Waals surface area contributed by atoms with Crippen molar-refractivity contribution in [1.82, 2.24) is 19.9 Å². The maximum Gasteiger partial charge on any atom is 0.326 e. The summed E-state index contributed by atoms with van der Waals surface area (Å²) in [6, 6.07) is 10.1. The predicted molar refractivity (Wildman–Crippen MR) is 100 cm³/mol. The van der Waals surface area contributed by atoms with Crippen LogP contribution in [0.5, 0.6) is 0 Å². The molecule has 1 saturated heterocycles. The minimum absolute atomic E-state index is 0.0998. The predicted octanol–water partition coefficient (Wildman–Crippen LogP) is 2.10. The summed E-state index contributed by atoms with van der Waals surface area (Å²) in [4.78, 5) is 19.7. The topological polar surface area (TPSA) is 74.7 Å². The summed E-state index contributed by atoms with van der Waals surface area (Å²) in [7, 11) is 0. The first-order valence-electron chi connectivity index (χ1n) is 8.78. The first-order valence-corrected chi connectivity index (χ1v) is 8.78. The molecule has 0 bridgehead atoms. The van der Waals surface area contributed by atoms with Crippen LogP contribution in [0.4, 0.5) is 5.82 Å². The molecule has 0 aliphatic carbocycles. The van der Waals surface area contributed by atoms with E-state index in [1.807, 2.05) is 18.2 Å². The average molecular weight is 337 g/mol. The number of fused-ring (bicyclic) bond motifs is 1. The summed E-state index contributed by atoms with van der Waals surface area (Å²) in [6.45, 7) is 5.67. The van der Waals surface area contributed by atoms with Gasteiger partial charge < -0.3 is 15.6 Å². The zero-order valence-electron chi connectivity index (χ0n) is 14.4. The molecule has 3 N–H and O–H groups in total. The van der Waals surface area contributed by atoms with E-state index in [0.717, 1.165) is 42.0 Å². The first kappa shape index (κ1) is 15.9. The lowest BCUT2D eigenvalue weighted by atomic mass is 10.1. The Balaban J connectivity index is 1.62. The molecule has 4 rings (SSSR count). The summed E-state index contributed by atoms with van der Waals surface area (Å²) in [5.41, 5.74) is 3.89. The Morgan fingerprint density at radius 2 is 2.24 bits per heavy atom. The Kier molecular flexibility index (Phi) is 4.28. The Labute approximate surface area is 146 Å². The molecule has 0 saturated carbocycles. The maximum atomic E-state index is 12.4. The Morgan fingerprint density at radius 1 is 1.36 bits per heavy atom. The molecule has 0 amide bonds. The van der Waals surface area contributed by atoms with Crippen molar-refractivity contribution in [2.45, 2.75) is 19.9 Å². The summed E-state index contributed by atoms with van der Waals surface area (Å²) in [5, 5.41) is 6.78. The molecule has 0 unspecified atom stereocenters. The van der Waals surface area contributed by atoms with Crippen LogP contribution < -0.4 is 16.3 Å². The Hall–Kier alpha value is -2.60. The maximum absolute atomic E-state index is 12.4. The minimum atomic E-state index is -0.0998. The highest BCUT2D eigenvalue weighted by molar-refractivity contribution is 5.77. The quantitative estimate of drug-likeness (QED) is 0.666. The third-order valence-corrected chi connectivity index (χ3v) is 4.98. The van der Waals surface area contributed by atoms with E-state index in [-0.39, 0.29) is 5.69 Å². The normalized spacial score (nSPS) is 17.2. The third kappa shape index (κ3) is 3.30. The number of nitrogens with one attached hydrogen (secondary N) is 3. The van der Waals surface area contributed by atoms with Crippen molar-refractivity contribution in [2.75, 3.05) is 25.0 Å². The van der Waals surface area contributed by atoms with Crippen molar-refractivity contribution >= 4 is 16.9 Å². The fourth-order valence-corrected chi connectivity index (χ4v) is 3.41. The molecule has 1 aromatic carbocycles. The van der Waals surface area contributed by atoms with Crippen molar-refractivity contribution < 1.29 is 0 Å². The molecule has 1 aliphatic rings. The standard InChI is InChI=1S/C19H23N5O/c1-13-4-2-3-5-15(13)12-24-17-8-18(21-10-14-6-7-20-9-14)22-11-16(17)23-19(24)25/h2-5,8,11,14,20H,6-7,9-10,12H2,1H3,(H,21,22)(H,23,25)/t14-/m1/s1. The highest BCUT2D eigenvalue weighted by Crippen LogP contribution is 2.17. The van der Waals surface area contributed by atoms with Crippen LogP contribution in [0.2, 0.25) is 0 Å². The fraction of sp³-hybridized carbons (Fsp3) is 0.368. The number of nitrogens with zero attached hydrogens (tertiary/aromatic N) is 2. The smallest absolute Gasteiger partial charge is 0.326 e. The molecule has 2 aromatic heterocycles. The third-order valence-electron chi connectivity index (χ3n) is 4.98. The zero-order chi connectivity index (χ0) is 17.2. The summed E-state index contributed by atoms with van der Waals surface area (Å²) >= 11 is 0. The van der Waals surface area contributed by atoms with Gasteiger partial charge >= 0.3 is 5.69 Å². The number of hydrogen-bond donors (Lipinski definition) is 3. The summed E-state index contributed by atoms with van der Waals surface area (Å²) < 4.78 is 1.78. The van der Waals surface area contributed by atoms with Crippen molar-refractivity contribution in [3.63, 3.8) is 0 Å². The van der Waals surface area contributed by atoms with Gasteiger partial charge in [0.1, 0.15) is 5.82 Å². The highest BCUT2D eigenvalue weighted by atomic mass is 16.1. The number of aromatic amines is 1. The Morgan fingerprint density at radius 3 is 3.04 bits per heavy atom. The van der Waals surface area contributed by atoms with Gasteiger partial charge in [-0.3, -0.25) is 4.57 Å². The average Bonchev–Trinajstić information content (AvgIpc) is 3.23. The Bertz CT molecular complexity index is 936. The van der Waals surface area contributed by atoms with Crippen LogP contribution in [-0.2, 0) is 6.54 Å². The van der Waals surface area contributed by atoms with Crippen molar-refractivity contribution in [3.8, 4) is 0 Å². The highest BCUT2D eigenvalue weighted by Gasteiger charge is 2.15. The number of pyridine rings is 1. The number of imidazole rings is 1. The molecular weight excluding hydrogens is 314 g/mol. The van der Waals surface area contributed by atoms with E-state index in [1.165, 1.54) is 12.0 Å². The molecule has 130 valence electrons. The second kappa shape index (κ2) is 6.72. The lowest BCUT2D eigenvalue weighted by Crippen LogP contribution is -2.18. The molecule has 3 heterocycles. The van der Waals surface area contributed by atoms with E-state index in [1.54, 1.807) is 10.8 Å². The number of H-pyrrole nitrogens is 1. The van der Waals surface area contributed by atoms with Gasteiger partial charge in [0.25, 0.3) is 0 Å². The van der Waals surface area contributed by atoms with Gasteiger partial charge in [-0.25, -0.2) is 9.78 Å². The monoisotopic (exact) mass is 337 g/mol. The molecule has 1 atom stereocenters. The van der Waals surface area contributed by atoms with Crippen LogP contribution in [0, 0.1) is 12.8 Å². The number of aromatic nitrogens is 3. The van der Waals surface area contributed by atoms with E-state index in [0.29, 0.717) is 12.5 Å². The van der Waals surface area contributed by atoms with Gasteiger partial charge in [0.15, 0.2) is 0 Å². The van der Waals surface area contributed by atoms with Gasteiger partial charge in [0.2, 0.25) is 0 Å². The molecule has 0 radical (unpaired) electrons. The van der Waals surface area contributed by atoms with Gasteiger partial charge in [-0.15, -0.1) is 0 Å². The number of benzene rings is 1. The second-order valence-corrected chi connectivity index (χ2v) is 6.77. The van der Waals surface area contributed by atoms with Crippen LogP contribution >= 0.6 is 0 Å². The van der Waals surface area contributed by atoms with Crippen LogP contribution in [0.15, 0.2) is 41.3 Å². The minimum Gasteiger partial charge on any atom is -0.370 e. The van der Waals surface area contributed by atoms with Crippen LogP contribution in [0.3, 0.4) is 0 Å². The summed E-state index contributed by atoms with van der Waals surface area (Å²) in [5.74, 6) is 1.45. The number of rotatable bonds is 5. The number of aryl methyl sites for hydroxylation is 1. The molecule has 6 heteroatoms. The van der Waals surface area contributed by atoms with Gasteiger partial charge in [-0.2, -0.15) is 0 Å². The van der Waals surface area contributed by atoms with E-state index >= 15 is 0 Å². The van der Waals surface area contributed by atoms with Gasteiger partial charge in [-0.1, -0.05) is 24.3 Å². The molecule has 0 spiro atoms. The van der Waals surface area contributed by atoms with Crippen molar-refractivity contribution in [3.05, 3.63) is 58.1 Å². The zero-order valence-corrected chi connectivity index (χ0v) is 14.4. The lowest BCUT2D eigenvalue weighted by Gasteiger charge is -2.11. The van der Waals surface area contributed by atoms with E-state index in [4.69, 9.17) is 0 Å². The van der Waals surface area contributed by atoms with Gasteiger partial charge in [0, 0.05) is 12.6 Å². The second-order valence-electron chi connectivity index (χ2n) is 6.77. The van der Waals surface area contributed by atoms with Gasteiger partial charge in [-0.05, 0) is 43.5 Å². The van der Waals surface area contributed by atoms with Crippen molar-refractivity contribution in [1.29, 1.82) is 0 Å². The number of anilines is 1. The van der Waals surface area contributed by atoms with E-state index in [2.05, 4.69) is 39.7 Å².